The summed E-state index contributed by atoms with van der Waals surface area (Å²) >= 11 is 0. The molecule has 1 amide bonds. The van der Waals surface area contributed by atoms with Crippen molar-refractivity contribution in [2.45, 2.75) is 32.6 Å². The van der Waals surface area contributed by atoms with Crippen LogP contribution in [-0.4, -0.2) is 32.1 Å². The van der Waals surface area contributed by atoms with Crippen molar-refractivity contribution in [3.8, 4) is 0 Å². The van der Waals surface area contributed by atoms with Crippen molar-refractivity contribution in [3.63, 3.8) is 0 Å². The van der Waals surface area contributed by atoms with Crippen LogP contribution in [0.2, 0.25) is 0 Å². The van der Waals surface area contributed by atoms with Gasteiger partial charge in [-0.25, -0.2) is 4.79 Å². The number of benzene rings is 1. The van der Waals surface area contributed by atoms with Crippen LogP contribution in [0.1, 0.15) is 41.6 Å². The molecule has 1 aliphatic rings. The number of hydrogen-bond donors (Lipinski definition) is 2. The Bertz CT molecular complexity index is 537. The molecule has 2 N–H and O–H groups in total. The molecule has 1 saturated heterocycles. The van der Waals surface area contributed by atoms with Crippen LogP contribution >= 0.6 is 0 Å². The molecule has 1 heterocycles. The fourth-order valence-corrected chi connectivity index (χ4v) is 2.76. The number of nitrogens with one attached hydrogen (secondary N) is 2. The van der Waals surface area contributed by atoms with E-state index < -0.39 is 0 Å². The van der Waals surface area contributed by atoms with Crippen LogP contribution in [0.15, 0.2) is 18.2 Å². The minimum atomic E-state index is -0.386. The maximum Gasteiger partial charge on any atom is 0.338 e. The van der Waals surface area contributed by atoms with E-state index in [1.165, 1.54) is 7.11 Å². The van der Waals surface area contributed by atoms with Crippen molar-refractivity contribution in [1.29, 1.82) is 0 Å². The van der Waals surface area contributed by atoms with Crippen LogP contribution in [-0.2, 0) is 9.53 Å². The molecule has 5 nitrogen and oxygen atoms in total. The summed E-state index contributed by atoms with van der Waals surface area (Å²) in [5, 5.41) is 6.19. The van der Waals surface area contributed by atoms with Crippen LogP contribution in [0.4, 0.5) is 5.69 Å². The van der Waals surface area contributed by atoms with E-state index >= 15 is 0 Å². The van der Waals surface area contributed by atoms with Crippen LogP contribution in [0.25, 0.3) is 0 Å². The lowest BCUT2D eigenvalue weighted by Gasteiger charge is -2.22. The van der Waals surface area contributed by atoms with Crippen molar-refractivity contribution in [2.24, 2.45) is 5.92 Å². The highest BCUT2D eigenvalue weighted by atomic mass is 16.5. The zero-order chi connectivity index (χ0) is 15.9. The summed E-state index contributed by atoms with van der Waals surface area (Å²) in [7, 11) is 1.35. The Morgan fingerprint density at radius 3 is 2.73 bits per heavy atom. The summed E-state index contributed by atoms with van der Waals surface area (Å²) in [6, 6.07) is 5.29. The first-order valence-electron chi connectivity index (χ1n) is 7.79. The van der Waals surface area contributed by atoms with E-state index in [0.717, 1.165) is 37.9 Å². The second-order valence-corrected chi connectivity index (χ2v) is 5.80. The molecular weight excluding hydrogens is 280 g/mol. The van der Waals surface area contributed by atoms with E-state index in [9.17, 15) is 9.59 Å². The normalized spacial score (nSPS) is 15.4. The largest absolute Gasteiger partial charge is 0.465 e. The van der Waals surface area contributed by atoms with Gasteiger partial charge in [0.25, 0.3) is 0 Å². The molecule has 0 bridgehead atoms. The lowest BCUT2D eigenvalue weighted by molar-refractivity contribution is -0.116. The number of hydrogen-bond acceptors (Lipinski definition) is 4. The van der Waals surface area contributed by atoms with E-state index in [0.29, 0.717) is 23.6 Å². The number of ether oxygens (including phenoxy) is 1. The van der Waals surface area contributed by atoms with Crippen molar-refractivity contribution < 1.29 is 14.3 Å². The van der Waals surface area contributed by atoms with Crippen LogP contribution in [0.3, 0.4) is 0 Å². The van der Waals surface area contributed by atoms with Gasteiger partial charge in [0, 0.05) is 12.1 Å². The molecule has 2 rings (SSSR count). The Hall–Kier alpha value is -1.88. The van der Waals surface area contributed by atoms with E-state index in [4.69, 9.17) is 4.74 Å². The fraction of sp³-hybridized carbons (Fsp3) is 0.529. The Kier molecular flexibility index (Phi) is 5.95. The second kappa shape index (κ2) is 7.94. The Balaban J connectivity index is 1.89. The molecule has 1 fully saturated rings. The Labute approximate surface area is 131 Å². The van der Waals surface area contributed by atoms with Crippen molar-refractivity contribution >= 4 is 17.6 Å². The minimum Gasteiger partial charge on any atom is -0.465 e. The number of amides is 1. The molecule has 5 heteroatoms. The molecule has 0 aliphatic carbocycles. The van der Waals surface area contributed by atoms with E-state index in [1.54, 1.807) is 6.07 Å². The van der Waals surface area contributed by atoms with Gasteiger partial charge in [0.15, 0.2) is 0 Å². The molecule has 0 aromatic heterocycles. The van der Waals surface area contributed by atoms with Gasteiger partial charge in [0.1, 0.15) is 0 Å². The summed E-state index contributed by atoms with van der Waals surface area (Å²) in [5.41, 5.74) is 1.96. The molecule has 0 radical (unpaired) electrons. The average molecular weight is 304 g/mol. The quantitative estimate of drug-likeness (QED) is 0.820. The van der Waals surface area contributed by atoms with Gasteiger partial charge in [0.2, 0.25) is 5.91 Å². The fourth-order valence-electron chi connectivity index (χ4n) is 2.76. The zero-order valence-corrected chi connectivity index (χ0v) is 13.3. The minimum absolute atomic E-state index is 0.00167. The maximum absolute atomic E-state index is 12.0. The highest BCUT2D eigenvalue weighted by Gasteiger charge is 2.15. The smallest absolute Gasteiger partial charge is 0.338 e. The molecule has 1 aromatic rings. The summed E-state index contributed by atoms with van der Waals surface area (Å²) in [5.74, 6) is 0.247. The third-order valence-corrected chi connectivity index (χ3v) is 4.17. The summed E-state index contributed by atoms with van der Waals surface area (Å²) in [6.45, 7) is 3.94. The number of aryl methyl sites for hydroxylation is 1. The number of methoxy groups -OCH3 is 1. The zero-order valence-electron chi connectivity index (χ0n) is 13.3. The molecule has 1 aliphatic heterocycles. The van der Waals surface area contributed by atoms with E-state index in [-0.39, 0.29) is 11.9 Å². The topological polar surface area (TPSA) is 67.4 Å². The predicted molar refractivity (Wildman–Crippen MR) is 86.0 cm³/mol. The number of anilines is 1. The Morgan fingerprint density at radius 2 is 2.05 bits per heavy atom. The average Bonchev–Trinajstić information content (AvgIpc) is 2.55. The maximum atomic E-state index is 12.0. The van der Waals surface area contributed by atoms with Crippen LogP contribution < -0.4 is 10.6 Å². The molecule has 0 spiro atoms. The summed E-state index contributed by atoms with van der Waals surface area (Å²) < 4.78 is 4.75. The lowest BCUT2D eigenvalue weighted by Crippen LogP contribution is -2.28. The van der Waals surface area contributed by atoms with Gasteiger partial charge in [-0.05, 0) is 62.9 Å². The first kappa shape index (κ1) is 16.5. The number of esters is 1. The van der Waals surface area contributed by atoms with Crippen molar-refractivity contribution in [1.82, 2.24) is 5.32 Å². The monoisotopic (exact) mass is 304 g/mol. The van der Waals surface area contributed by atoms with Gasteiger partial charge >= 0.3 is 5.97 Å². The van der Waals surface area contributed by atoms with Gasteiger partial charge in [0.05, 0.1) is 12.7 Å². The number of carbonyl (C=O) groups excluding carboxylic acids is 2. The first-order valence-corrected chi connectivity index (χ1v) is 7.79. The van der Waals surface area contributed by atoms with E-state index in [1.807, 2.05) is 19.1 Å². The van der Waals surface area contributed by atoms with Gasteiger partial charge < -0.3 is 15.4 Å². The van der Waals surface area contributed by atoms with Crippen molar-refractivity contribution in [2.75, 3.05) is 25.5 Å². The lowest BCUT2D eigenvalue weighted by atomic mass is 9.93. The molecule has 0 atom stereocenters. The highest BCUT2D eigenvalue weighted by Crippen LogP contribution is 2.19. The molecule has 0 saturated carbocycles. The van der Waals surface area contributed by atoms with E-state index in [2.05, 4.69) is 10.6 Å². The van der Waals surface area contributed by atoms with Crippen LogP contribution in [0, 0.1) is 12.8 Å². The Morgan fingerprint density at radius 1 is 1.32 bits per heavy atom. The molecular formula is C17H24N2O3. The highest BCUT2D eigenvalue weighted by molar-refractivity contribution is 5.95. The molecule has 1 aromatic carbocycles. The second-order valence-electron chi connectivity index (χ2n) is 5.80. The SMILES string of the molecule is COC(=O)c1cc(NC(=O)CCC2CCNCC2)ccc1C. The predicted octanol–water partition coefficient (Wildman–Crippen LogP) is 2.50. The van der Waals surface area contributed by atoms with Gasteiger partial charge in [-0.15, -0.1) is 0 Å². The number of carbonyl (C=O) groups is 2. The van der Waals surface area contributed by atoms with Gasteiger partial charge in [-0.2, -0.15) is 0 Å². The van der Waals surface area contributed by atoms with Crippen molar-refractivity contribution in [3.05, 3.63) is 29.3 Å². The standard InChI is InChI=1S/C17H24N2O3/c1-12-3-5-14(11-15(12)17(21)22-2)19-16(20)6-4-13-7-9-18-10-8-13/h3,5,11,13,18H,4,6-10H2,1-2H3,(H,19,20). The molecule has 120 valence electrons. The number of rotatable bonds is 5. The van der Waals surface area contributed by atoms with Gasteiger partial charge in [-0.1, -0.05) is 6.07 Å². The van der Waals surface area contributed by atoms with Gasteiger partial charge in [-0.3, -0.25) is 4.79 Å². The summed E-state index contributed by atoms with van der Waals surface area (Å²) in [6.07, 6.45) is 3.73. The molecule has 0 unspecified atom stereocenters. The summed E-state index contributed by atoms with van der Waals surface area (Å²) in [4.78, 5) is 23.7. The van der Waals surface area contributed by atoms with Crippen LogP contribution in [0.5, 0.6) is 0 Å². The third kappa shape index (κ3) is 4.56. The molecule has 22 heavy (non-hydrogen) atoms. The number of piperidine rings is 1. The first-order chi connectivity index (χ1) is 10.6. The third-order valence-electron chi connectivity index (χ3n) is 4.17.